The molecule has 1 atom stereocenters. The highest BCUT2D eigenvalue weighted by molar-refractivity contribution is 5.79. The molecule has 0 bridgehead atoms. The summed E-state index contributed by atoms with van der Waals surface area (Å²) in [4.78, 5) is 16.8. The van der Waals surface area contributed by atoms with Crippen molar-refractivity contribution < 1.29 is 0 Å². The number of hydrogen-bond donors (Lipinski definition) is 0. The zero-order valence-corrected chi connectivity index (χ0v) is 17.5. The van der Waals surface area contributed by atoms with Crippen molar-refractivity contribution in [3.8, 4) is 0 Å². The molecule has 0 radical (unpaired) electrons. The maximum absolute atomic E-state index is 4.90. The van der Waals surface area contributed by atoms with Crippen LogP contribution >= 0.6 is 0 Å². The molecule has 0 saturated heterocycles. The van der Waals surface area contributed by atoms with Crippen molar-refractivity contribution >= 4 is 21.8 Å². The number of fused-ring (bicyclic) bond motifs is 2. The van der Waals surface area contributed by atoms with E-state index in [0.29, 0.717) is 0 Å². The topological polar surface area (TPSA) is 41.9 Å². The van der Waals surface area contributed by atoms with Gasteiger partial charge in [-0.2, -0.15) is 0 Å². The third-order valence-electron chi connectivity index (χ3n) is 5.71. The fourth-order valence-electron chi connectivity index (χ4n) is 3.95. The van der Waals surface area contributed by atoms with E-state index >= 15 is 0 Å². The van der Waals surface area contributed by atoms with Crippen LogP contribution in [0.4, 0.5) is 0 Å². The molecule has 5 aromatic rings. The Labute approximate surface area is 182 Å². The van der Waals surface area contributed by atoms with Crippen molar-refractivity contribution in [1.82, 2.24) is 19.9 Å². The molecule has 0 amide bonds. The monoisotopic (exact) mass is 404 g/mol. The number of aromatic nitrogens is 3. The Morgan fingerprint density at radius 1 is 0.645 bits per heavy atom. The summed E-state index contributed by atoms with van der Waals surface area (Å²) in [5.41, 5.74) is 5.18. The Balaban J connectivity index is 1.48. The van der Waals surface area contributed by atoms with Gasteiger partial charge in [0.15, 0.2) is 0 Å². The van der Waals surface area contributed by atoms with Crippen molar-refractivity contribution in [3.05, 3.63) is 114 Å². The van der Waals surface area contributed by atoms with Crippen LogP contribution in [0.5, 0.6) is 0 Å². The zero-order chi connectivity index (χ0) is 21.0. The molecule has 4 nitrogen and oxygen atoms in total. The van der Waals surface area contributed by atoms with Gasteiger partial charge in [0.2, 0.25) is 0 Å². The van der Waals surface area contributed by atoms with E-state index in [9.17, 15) is 0 Å². The van der Waals surface area contributed by atoms with Gasteiger partial charge in [-0.1, -0.05) is 54.6 Å². The zero-order valence-electron chi connectivity index (χ0n) is 17.5. The lowest BCUT2D eigenvalue weighted by Gasteiger charge is -2.28. The van der Waals surface area contributed by atoms with Gasteiger partial charge in [-0.05, 0) is 43.3 Å². The average Bonchev–Trinajstić information content (AvgIpc) is 2.83. The average molecular weight is 405 g/mol. The highest BCUT2D eigenvalue weighted by atomic mass is 15.2. The summed E-state index contributed by atoms with van der Waals surface area (Å²) in [5, 5.41) is 2.32. The molecule has 0 spiro atoms. The van der Waals surface area contributed by atoms with Gasteiger partial charge in [0.1, 0.15) is 0 Å². The largest absolute Gasteiger partial charge is 0.283 e. The van der Waals surface area contributed by atoms with Crippen molar-refractivity contribution in [3.63, 3.8) is 0 Å². The van der Waals surface area contributed by atoms with Crippen molar-refractivity contribution in [1.29, 1.82) is 0 Å². The molecule has 0 unspecified atom stereocenters. The standard InChI is InChI=1S/C27H24N4/c1-20(25-10-6-7-17-28-25)31(18-23-15-13-21-8-2-4-11-26(21)29-23)19-24-16-14-22-9-3-5-12-27(22)30-24/h2-17,20H,18-19H2,1H3/t20-/m0/s1. The molecule has 0 aliphatic rings. The summed E-state index contributed by atoms with van der Waals surface area (Å²) in [6.45, 7) is 3.64. The number of benzene rings is 2. The lowest BCUT2D eigenvalue weighted by Crippen LogP contribution is -2.27. The second-order valence-corrected chi connectivity index (χ2v) is 7.83. The molecule has 3 heterocycles. The number of nitrogens with zero attached hydrogens (tertiary/aromatic N) is 4. The van der Waals surface area contributed by atoms with Gasteiger partial charge in [-0.15, -0.1) is 0 Å². The van der Waals surface area contributed by atoms with E-state index in [1.165, 1.54) is 0 Å². The molecule has 0 aliphatic heterocycles. The van der Waals surface area contributed by atoms with E-state index in [-0.39, 0.29) is 6.04 Å². The van der Waals surface area contributed by atoms with E-state index in [1.807, 2.05) is 42.6 Å². The fourth-order valence-corrected chi connectivity index (χ4v) is 3.95. The summed E-state index contributed by atoms with van der Waals surface area (Å²) >= 11 is 0. The lowest BCUT2D eigenvalue weighted by molar-refractivity contribution is 0.184. The quantitative estimate of drug-likeness (QED) is 0.351. The Kier molecular flexibility index (Phi) is 5.38. The van der Waals surface area contributed by atoms with E-state index in [4.69, 9.17) is 9.97 Å². The Morgan fingerprint density at radius 2 is 1.19 bits per heavy atom. The van der Waals surface area contributed by atoms with Crippen LogP contribution in [0.1, 0.15) is 30.0 Å². The minimum atomic E-state index is 0.128. The Hall–Kier alpha value is -3.63. The molecule has 5 rings (SSSR count). The predicted molar refractivity (Wildman–Crippen MR) is 125 cm³/mol. The number of hydrogen-bond acceptors (Lipinski definition) is 4. The summed E-state index contributed by atoms with van der Waals surface area (Å²) in [5.74, 6) is 0. The third-order valence-corrected chi connectivity index (χ3v) is 5.71. The SMILES string of the molecule is C[C@@H](c1ccccn1)N(Cc1ccc2ccccc2n1)Cc1ccc2ccccc2n1. The summed E-state index contributed by atoms with van der Waals surface area (Å²) in [7, 11) is 0. The second kappa shape index (κ2) is 8.62. The van der Waals surface area contributed by atoms with Gasteiger partial charge in [-0.3, -0.25) is 19.9 Å². The maximum Gasteiger partial charge on any atom is 0.0705 e. The number of para-hydroxylation sites is 2. The Morgan fingerprint density at radius 3 is 1.74 bits per heavy atom. The first-order valence-corrected chi connectivity index (χ1v) is 10.6. The van der Waals surface area contributed by atoms with Crippen LogP contribution in [0.15, 0.2) is 97.2 Å². The normalized spacial score (nSPS) is 12.5. The molecule has 0 fully saturated rings. The molecule has 3 aromatic heterocycles. The van der Waals surface area contributed by atoms with Crippen LogP contribution in [0, 0.1) is 0 Å². The highest BCUT2D eigenvalue weighted by Gasteiger charge is 2.19. The minimum absolute atomic E-state index is 0.128. The van der Waals surface area contributed by atoms with Gasteiger partial charge >= 0.3 is 0 Å². The number of pyridine rings is 3. The number of rotatable bonds is 6. The molecule has 31 heavy (non-hydrogen) atoms. The first-order valence-electron chi connectivity index (χ1n) is 10.6. The van der Waals surface area contributed by atoms with E-state index in [0.717, 1.165) is 52.0 Å². The first-order chi connectivity index (χ1) is 15.3. The van der Waals surface area contributed by atoms with Crippen LogP contribution in [0.25, 0.3) is 21.8 Å². The third kappa shape index (κ3) is 4.30. The smallest absolute Gasteiger partial charge is 0.0705 e. The van der Waals surface area contributed by atoms with Gasteiger partial charge < -0.3 is 0 Å². The first kappa shape index (κ1) is 19.3. The molecule has 0 aliphatic carbocycles. The second-order valence-electron chi connectivity index (χ2n) is 7.83. The molecule has 2 aromatic carbocycles. The summed E-state index contributed by atoms with van der Waals surface area (Å²) in [6.07, 6.45) is 1.85. The predicted octanol–water partition coefficient (Wildman–Crippen LogP) is 5.94. The van der Waals surface area contributed by atoms with Crippen LogP contribution < -0.4 is 0 Å². The minimum Gasteiger partial charge on any atom is -0.283 e. The summed E-state index contributed by atoms with van der Waals surface area (Å²) in [6, 6.07) is 31.2. The van der Waals surface area contributed by atoms with Gasteiger partial charge in [0.05, 0.1) is 34.2 Å². The van der Waals surface area contributed by atoms with E-state index in [2.05, 4.69) is 71.4 Å². The molecule has 0 saturated carbocycles. The lowest BCUT2D eigenvalue weighted by atomic mass is 10.1. The van der Waals surface area contributed by atoms with E-state index in [1.54, 1.807) is 0 Å². The van der Waals surface area contributed by atoms with Crippen LogP contribution in [-0.4, -0.2) is 19.9 Å². The van der Waals surface area contributed by atoms with Crippen LogP contribution in [0.2, 0.25) is 0 Å². The van der Waals surface area contributed by atoms with Gasteiger partial charge in [-0.25, -0.2) is 0 Å². The van der Waals surface area contributed by atoms with Crippen LogP contribution in [0.3, 0.4) is 0 Å². The fraction of sp³-hybridized carbons (Fsp3) is 0.148. The van der Waals surface area contributed by atoms with Crippen molar-refractivity contribution in [2.75, 3.05) is 0 Å². The van der Waals surface area contributed by atoms with Crippen molar-refractivity contribution in [2.24, 2.45) is 0 Å². The van der Waals surface area contributed by atoms with Crippen LogP contribution in [-0.2, 0) is 13.1 Å². The molecule has 0 N–H and O–H groups in total. The highest BCUT2D eigenvalue weighted by Crippen LogP contribution is 2.24. The molecule has 4 heteroatoms. The van der Waals surface area contributed by atoms with Crippen molar-refractivity contribution in [2.45, 2.75) is 26.1 Å². The molecular formula is C27H24N4. The summed E-state index contributed by atoms with van der Waals surface area (Å²) < 4.78 is 0. The molecular weight excluding hydrogens is 380 g/mol. The van der Waals surface area contributed by atoms with E-state index < -0.39 is 0 Å². The van der Waals surface area contributed by atoms with Gasteiger partial charge in [0.25, 0.3) is 0 Å². The van der Waals surface area contributed by atoms with Gasteiger partial charge in [0, 0.05) is 30.1 Å². The maximum atomic E-state index is 4.90. The molecule has 152 valence electrons. The Bertz CT molecular complexity index is 1240.